The van der Waals surface area contributed by atoms with Crippen LogP contribution in [-0.4, -0.2) is 22.8 Å². The Bertz CT molecular complexity index is 328. The standard InChI is InChI=1S/C12H17NO4/c1-2-5-10(14)17-13-11(15)8-6-3-4-7-9(8)12(13)16/h8-9H,2-7H2,1H3. The van der Waals surface area contributed by atoms with Crippen LogP contribution < -0.4 is 0 Å². The van der Waals surface area contributed by atoms with Crippen LogP contribution in [0.25, 0.3) is 0 Å². The van der Waals surface area contributed by atoms with Crippen LogP contribution >= 0.6 is 0 Å². The molecule has 1 aliphatic carbocycles. The number of hydrogen-bond donors (Lipinski definition) is 0. The van der Waals surface area contributed by atoms with Crippen molar-refractivity contribution in [3.05, 3.63) is 0 Å². The molecule has 2 aliphatic rings. The van der Waals surface area contributed by atoms with E-state index >= 15 is 0 Å². The van der Waals surface area contributed by atoms with E-state index in [0.717, 1.165) is 25.7 Å². The highest BCUT2D eigenvalue weighted by molar-refractivity contribution is 6.04. The van der Waals surface area contributed by atoms with E-state index in [-0.39, 0.29) is 30.1 Å². The van der Waals surface area contributed by atoms with Crippen molar-refractivity contribution in [2.75, 3.05) is 0 Å². The van der Waals surface area contributed by atoms with Gasteiger partial charge >= 0.3 is 5.97 Å². The summed E-state index contributed by atoms with van der Waals surface area (Å²) in [6.07, 6.45) is 4.27. The molecule has 17 heavy (non-hydrogen) atoms. The number of hydrogen-bond acceptors (Lipinski definition) is 4. The number of carbonyl (C=O) groups is 3. The minimum atomic E-state index is -0.507. The lowest BCUT2D eigenvalue weighted by Gasteiger charge is -2.19. The summed E-state index contributed by atoms with van der Waals surface area (Å²) in [5.41, 5.74) is 0. The third kappa shape index (κ3) is 2.18. The van der Waals surface area contributed by atoms with Crippen molar-refractivity contribution in [1.82, 2.24) is 5.06 Å². The fraction of sp³-hybridized carbons (Fsp3) is 0.750. The zero-order chi connectivity index (χ0) is 12.4. The van der Waals surface area contributed by atoms with Gasteiger partial charge in [-0.2, -0.15) is 0 Å². The van der Waals surface area contributed by atoms with Gasteiger partial charge in [0.2, 0.25) is 0 Å². The third-order valence-corrected chi connectivity index (χ3v) is 3.45. The van der Waals surface area contributed by atoms with Gasteiger partial charge in [-0.3, -0.25) is 9.59 Å². The molecule has 2 fully saturated rings. The minimum Gasteiger partial charge on any atom is -0.330 e. The quantitative estimate of drug-likeness (QED) is 0.699. The van der Waals surface area contributed by atoms with E-state index in [9.17, 15) is 14.4 Å². The zero-order valence-corrected chi connectivity index (χ0v) is 9.98. The average Bonchev–Trinajstić information content (AvgIpc) is 2.56. The summed E-state index contributed by atoms with van der Waals surface area (Å²) in [6.45, 7) is 1.84. The fourth-order valence-electron chi connectivity index (χ4n) is 2.57. The summed E-state index contributed by atoms with van der Waals surface area (Å²) in [7, 11) is 0. The van der Waals surface area contributed by atoms with Gasteiger partial charge in [0.15, 0.2) is 0 Å². The molecule has 5 nitrogen and oxygen atoms in total. The first kappa shape index (κ1) is 12.1. The van der Waals surface area contributed by atoms with E-state index in [0.29, 0.717) is 11.5 Å². The Morgan fingerprint density at radius 2 is 1.76 bits per heavy atom. The molecule has 2 amide bonds. The molecule has 0 bridgehead atoms. The molecule has 94 valence electrons. The molecule has 0 radical (unpaired) electrons. The van der Waals surface area contributed by atoms with Gasteiger partial charge in [-0.15, -0.1) is 5.06 Å². The number of rotatable bonds is 3. The minimum absolute atomic E-state index is 0.229. The van der Waals surface area contributed by atoms with Crippen molar-refractivity contribution in [2.24, 2.45) is 11.8 Å². The predicted molar refractivity (Wildman–Crippen MR) is 58.3 cm³/mol. The summed E-state index contributed by atoms with van der Waals surface area (Å²) in [6, 6.07) is 0. The fourth-order valence-corrected chi connectivity index (χ4v) is 2.57. The first-order chi connectivity index (χ1) is 8.15. The second kappa shape index (κ2) is 4.85. The van der Waals surface area contributed by atoms with Crippen LogP contribution in [0, 0.1) is 11.8 Å². The SMILES string of the molecule is CCCC(=O)ON1C(=O)C2CCCCC2C1=O. The molecular formula is C12H17NO4. The highest BCUT2D eigenvalue weighted by Gasteiger charge is 2.50. The van der Waals surface area contributed by atoms with Crippen LogP contribution in [0.3, 0.4) is 0 Å². The summed E-state index contributed by atoms with van der Waals surface area (Å²) in [5, 5.41) is 0.707. The smallest absolute Gasteiger partial charge is 0.330 e. The predicted octanol–water partition coefficient (Wildman–Crippen LogP) is 1.42. The lowest BCUT2D eigenvalue weighted by atomic mass is 9.81. The van der Waals surface area contributed by atoms with Crippen molar-refractivity contribution in [2.45, 2.75) is 45.4 Å². The Balaban J connectivity index is 2.05. The molecule has 1 aliphatic heterocycles. The first-order valence-electron chi connectivity index (χ1n) is 6.23. The van der Waals surface area contributed by atoms with E-state index in [1.807, 2.05) is 6.92 Å². The highest BCUT2D eigenvalue weighted by Crippen LogP contribution is 2.38. The molecule has 0 N–H and O–H groups in total. The molecule has 0 aromatic heterocycles. The maximum absolute atomic E-state index is 11.9. The van der Waals surface area contributed by atoms with Crippen molar-refractivity contribution in [3.8, 4) is 0 Å². The van der Waals surface area contributed by atoms with Crippen molar-refractivity contribution < 1.29 is 19.2 Å². The van der Waals surface area contributed by atoms with Gasteiger partial charge in [-0.05, 0) is 19.3 Å². The monoisotopic (exact) mass is 239 g/mol. The molecule has 0 aromatic carbocycles. The summed E-state index contributed by atoms with van der Waals surface area (Å²) in [4.78, 5) is 40.0. The number of imide groups is 1. The van der Waals surface area contributed by atoms with Gasteiger partial charge in [-0.25, -0.2) is 4.79 Å². The van der Waals surface area contributed by atoms with Crippen LogP contribution in [0.15, 0.2) is 0 Å². The molecule has 2 rings (SSSR count). The van der Waals surface area contributed by atoms with E-state index in [2.05, 4.69) is 0 Å². The molecule has 2 atom stereocenters. The molecule has 0 aromatic rings. The zero-order valence-electron chi connectivity index (χ0n) is 9.98. The van der Waals surface area contributed by atoms with Crippen molar-refractivity contribution in [1.29, 1.82) is 0 Å². The second-order valence-corrected chi connectivity index (χ2v) is 4.68. The third-order valence-electron chi connectivity index (χ3n) is 3.45. The van der Waals surface area contributed by atoms with Gasteiger partial charge in [0.25, 0.3) is 11.8 Å². The Kier molecular flexibility index (Phi) is 3.45. The molecule has 5 heteroatoms. The maximum atomic E-state index is 11.9. The molecule has 1 saturated heterocycles. The van der Waals surface area contributed by atoms with Crippen molar-refractivity contribution >= 4 is 17.8 Å². The van der Waals surface area contributed by atoms with E-state index in [1.54, 1.807) is 0 Å². The molecule has 0 spiro atoms. The number of nitrogens with zero attached hydrogens (tertiary/aromatic N) is 1. The Labute approximate surface area is 100 Å². The van der Waals surface area contributed by atoms with E-state index in [4.69, 9.17) is 4.84 Å². The lowest BCUT2D eigenvalue weighted by Crippen LogP contribution is -2.33. The van der Waals surface area contributed by atoms with Crippen molar-refractivity contribution in [3.63, 3.8) is 0 Å². The Morgan fingerprint density at radius 3 is 2.24 bits per heavy atom. The Hall–Kier alpha value is -1.39. The van der Waals surface area contributed by atoms with Crippen LogP contribution in [0.2, 0.25) is 0 Å². The summed E-state index contributed by atoms with van der Waals surface area (Å²) in [5.74, 6) is -1.68. The van der Waals surface area contributed by atoms with Gasteiger partial charge < -0.3 is 4.84 Å². The summed E-state index contributed by atoms with van der Waals surface area (Å²) >= 11 is 0. The molecule has 1 heterocycles. The number of carbonyl (C=O) groups excluding carboxylic acids is 3. The number of hydroxylamine groups is 2. The first-order valence-corrected chi connectivity index (χ1v) is 6.23. The largest absolute Gasteiger partial charge is 0.333 e. The topological polar surface area (TPSA) is 63.7 Å². The van der Waals surface area contributed by atoms with Crippen LogP contribution in [0.5, 0.6) is 0 Å². The average molecular weight is 239 g/mol. The maximum Gasteiger partial charge on any atom is 0.333 e. The Morgan fingerprint density at radius 1 is 1.24 bits per heavy atom. The van der Waals surface area contributed by atoms with Gasteiger partial charge in [-0.1, -0.05) is 19.8 Å². The van der Waals surface area contributed by atoms with E-state index < -0.39 is 5.97 Å². The molecular weight excluding hydrogens is 222 g/mol. The van der Waals surface area contributed by atoms with Gasteiger partial charge in [0.05, 0.1) is 11.8 Å². The van der Waals surface area contributed by atoms with Gasteiger partial charge in [0, 0.05) is 6.42 Å². The summed E-state index contributed by atoms with van der Waals surface area (Å²) < 4.78 is 0. The lowest BCUT2D eigenvalue weighted by molar-refractivity contribution is -0.198. The van der Waals surface area contributed by atoms with Crippen LogP contribution in [0.4, 0.5) is 0 Å². The number of fused-ring (bicyclic) bond motifs is 1. The highest BCUT2D eigenvalue weighted by atomic mass is 16.7. The normalized spacial score (nSPS) is 28.2. The number of amides is 2. The van der Waals surface area contributed by atoms with Crippen LogP contribution in [0.1, 0.15) is 45.4 Å². The van der Waals surface area contributed by atoms with E-state index in [1.165, 1.54) is 0 Å². The molecule has 2 unspecified atom stereocenters. The molecule has 1 saturated carbocycles. The second-order valence-electron chi connectivity index (χ2n) is 4.68. The van der Waals surface area contributed by atoms with Crippen LogP contribution in [-0.2, 0) is 19.2 Å². The van der Waals surface area contributed by atoms with Gasteiger partial charge in [0.1, 0.15) is 0 Å².